The Kier molecular flexibility index (Phi) is 70.1. The number of thioether (sulfide) groups is 3. The van der Waals surface area contributed by atoms with Gasteiger partial charge in [-0.05, 0) is 148 Å². The predicted molar refractivity (Wildman–Crippen MR) is 542 cm³/mol. The van der Waals surface area contributed by atoms with Gasteiger partial charge in [0.1, 0.15) is 23.9 Å². The topological polar surface area (TPSA) is 657 Å². The van der Waals surface area contributed by atoms with Gasteiger partial charge < -0.3 is 82.9 Å². The molecule has 1 aliphatic rings. The molecule has 5 atom stereocenters. The van der Waals surface area contributed by atoms with Crippen molar-refractivity contribution in [1.29, 1.82) is 0 Å². The summed E-state index contributed by atoms with van der Waals surface area (Å²) >= 11 is 47.0. The highest BCUT2D eigenvalue weighted by Crippen LogP contribution is 2.42. The van der Waals surface area contributed by atoms with Crippen LogP contribution in [0.1, 0.15) is 197 Å². The fraction of sp³-hybridized carbons (Fsp3) is 0.315. The van der Waals surface area contributed by atoms with Gasteiger partial charge in [-0.3, -0.25) is 53.1 Å². The zero-order valence-corrected chi connectivity index (χ0v) is 85.1. The number of nitrogens with zero attached hydrogens (tertiary/aromatic N) is 1. The van der Waals surface area contributed by atoms with E-state index in [9.17, 15) is 81.3 Å². The van der Waals surface area contributed by atoms with Crippen LogP contribution in [-0.4, -0.2) is 260 Å². The summed E-state index contributed by atoms with van der Waals surface area (Å²) in [5.41, 5.74) is 27.6. The Morgan fingerprint density at radius 2 is 0.768 bits per heavy atom. The summed E-state index contributed by atoms with van der Waals surface area (Å²) in [7, 11) is -4.70. The van der Waals surface area contributed by atoms with Crippen LogP contribution >= 0.6 is 150 Å². The van der Waals surface area contributed by atoms with Crippen molar-refractivity contribution in [3.63, 3.8) is 0 Å². The number of carbonyl (C=O) groups excluding carboxylic acids is 7. The Bertz CT molecular complexity index is 5160. The number of ketones is 5. The Labute approximate surface area is 853 Å². The zero-order chi connectivity index (χ0) is 106. The summed E-state index contributed by atoms with van der Waals surface area (Å²) in [5, 5.41) is 77.1. The molecular weight excluding hydrogens is 2070 g/mol. The SMILES string of the molecule is CC(C)C.CC(N)CCSCC(=O)c1ccc(C(=O)O)cc1.CCOC(=O)c1ccc(C(=O)CCl)cc1.CCOC(=O)c1ccc(C(C)=O)cc1.ClC(Cl)(Cl)Cl.NC(CCS)C(=O)O.NC(CS)C(=O)O.NC(CSCC(=O)c1ccc(C(=O)O)cc1)C(=O)O.O=C(O)c1ccc(/C(=C/Cl)OP(=O)(O)O)cc1.O=C(O)c1ccc(C(=O)CCl)cc1.O=C(O)c1ccc(C2=NC(C(=O)O)CSC2)cc1. The van der Waals surface area contributed by atoms with Crippen LogP contribution < -0.4 is 22.9 Å². The number of Topliss-reactive ketones (excluding diaryl/α,β-unsaturated/α-hetero) is 5. The van der Waals surface area contributed by atoms with Crippen molar-refractivity contribution in [3.05, 3.63) is 253 Å². The second-order valence-electron chi connectivity index (χ2n) is 27.5. The van der Waals surface area contributed by atoms with Crippen molar-refractivity contribution >= 4 is 256 Å². The van der Waals surface area contributed by atoms with E-state index in [0.717, 1.165) is 41.0 Å². The number of carbonyl (C=O) groups is 16. The minimum atomic E-state index is -4.70. The number of aromatic carboxylic acids is 5. The number of rotatable bonds is 36. The van der Waals surface area contributed by atoms with Gasteiger partial charge in [0.25, 0.3) is 3.25 Å². The Hall–Kier alpha value is -9.96. The van der Waals surface area contributed by atoms with E-state index in [4.69, 9.17) is 169 Å². The van der Waals surface area contributed by atoms with Gasteiger partial charge in [0, 0.05) is 68.0 Å². The number of ether oxygens (including phenoxy) is 2. The fourth-order valence-electron chi connectivity index (χ4n) is 8.56. The molecule has 7 aromatic rings. The first kappa shape index (κ1) is 132. The minimum absolute atomic E-state index is 0.0135. The maximum Gasteiger partial charge on any atom is 0.524 e. The summed E-state index contributed by atoms with van der Waals surface area (Å²) in [5.74, 6) is -6.65. The number of nitrogens with two attached hydrogens (primary N) is 4. The summed E-state index contributed by atoms with van der Waals surface area (Å²) in [6.07, 6.45) is 1.31. The number of aliphatic imine (C=N–C) groups is 1. The summed E-state index contributed by atoms with van der Waals surface area (Å²) < 4.78 is 22.9. The third-order valence-corrected chi connectivity index (χ3v) is 20.4. The number of carboxylic acids is 9. The Morgan fingerprint density at radius 1 is 0.471 bits per heavy atom. The van der Waals surface area contributed by atoms with Gasteiger partial charge in [0.15, 0.2) is 35.0 Å². The highest BCUT2D eigenvalue weighted by atomic mass is 35.6. The lowest BCUT2D eigenvalue weighted by molar-refractivity contribution is -0.139. The molecule has 1 heterocycles. The number of thiol groups is 2. The van der Waals surface area contributed by atoms with E-state index in [1.807, 2.05) is 6.92 Å². The van der Waals surface area contributed by atoms with E-state index in [-0.39, 0.29) is 115 Å². The van der Waals surface area contributed by atoms with E-state index in [1.165, 1.54) is 116 Å². The molecule has 8 rings (SSSR count). The van der Waals surface area contributed by atoms with Crippen molar-refractivity contribution in [3.8, 4) is 0 Å². The average Bonchev–Trinajstić information content (AvgIpc) is 0.841. The first-order valence-electron chi connectivity index (χ1n) is 39.6. The van der Waals surface area contributed by atoms with Gasteiger partial charge >= 0.3 is 73.5 Å². The quantitative estimate of drug-likeness (QED) is 0.00330. The summed E-state index contributed by atoms with van der Waals surface area (Å²) in [4.78, 5) is 195. The normalized spacial score (nSPS) is 12.3. The molecule has 0 fully saturated rings. The molecule has 0 spiro atoms. The molecule has 0 bridgehead atoms. The molecule has 7 aromatic carbocycles. The van der Waals surface area contributed by atoms with Gasteiger partial charge in [-0.25, -0.2) is 42.9 Å². The van der Waals surface area contributed by atoms with Crippen molar-refractivity contribution in [2.45, 2.75) is 94.8 Å². The number of hydrogen-bond donors (Lipinski definition) is 17. The van der Waals surface area contributed by atoms with E-state index in [2.05, 4.69) is 55.5 Å². The second-order valence-corrected chi connectivity index (χ2v) is 36.9. The molecule has 0 aromatic heterocycles. The maximum atomic E-state index is 11.8. The average molecular weight is 2180 g/mol. The summed E-state index contributed by atoms with van der Waals surface area (Å²) in [6, 6.07) is 38.3. The van der Waals surface area contributed by atoms with Crippen molar-refractivity contribution in [2.24, 2.45) is 33.8 Å². The lowest BCUT2D eigenvalue weighted by Gasteiger charge is -2.17. The highest BCUT2D eigenvalue weighted by Gasteiger charge is 2.24. The molecule has 49 heteroatoms. The maximum absolute atomic E-state index is 11.8. The molecule has 756 valence electrons. The van der Waals surface area contributed by atoms with Crippen LogP contribution in [0.5, 0.6) is 0 Å². The van der Waals surface area contributed by atoms with Crippen molar-refractivity contribution < 1.29 is 151 Å². The second kappa shape index (κ2) is 73.2. The summed E-state index contributed by atoms with van der Waals surface area (Å²) in [6.45, 7) is 14.1. The molecule has 0 amide bonds. The standard InChI is InChI=1S/C13H17NO3S.C12H13NO5S.C12H11NO4S.C11H11ClO3.C11H12O3.C9H8ClO6P.C9H7ClO3.C4H9NO2S.C4H10.C3H7NO2S.CCl4/c1-9(14)6-7-18-8-12(15)10-2-4-11(5-3-10)13(16)17;13-9(12(17)18)5-19-6-10(14)7-1-3-8(4-2-7)11(15)16;14-11(15)8-3-1-7(2-4-8)9-5-18-6-10(13-9)12(16)17;1-2-15-11(14)9-5-3-8(4-6-9)10(13)7-12;1-3-14-11(13)10-6-4-9(5-7-10)8(2)12;10-5-8(16-17(13,14)15)6-1-3-7(4-2-6)9(11)12;10-5-8(11)6-1-3-7(4-2-6)9(12)13;5-3(1-2-8)4(6)7;1-4(2)3;4-2(1-7)3(5)6;2-1(3,4)5/h2-5,9H,6-8,14H2,1H3,(H,16,17);1-4,9H,5-6,13H2,(H,15,16)(H,17,18);1-4,10H,5-6H2,(H,14,15)(H,16,17);3-6H,2,7H2,1H3;4-7H,3H2,1-2H3;1-5H,(H,11,12)(H2,13,14,15);1-4H,5H2,(H,12,13);3,8H,1-2,5H2,(H,6,7);4H,1-3H3;2,7H,1,4H2,(H,5,6);/b;;;;;8-5-;;;;;. The molecule has 19 N–H and O–H groups in total. The molecule has 0 saturated heterocycles. The smallest absolute Gasteiger partial charge is 0.480 e. The van der Waals surface area contributed by atoms with Crippen LogP contribution in [-0.2, 0) is 37.7 Å². The fourth-order valence-corrected chi connectivity index (χ4v) is 12.8. The van der Waals surface area contributed by atoms with E-state index in [0.29, 0.717) is 87.3 Å². The molecule has 0 aliphatic carbocycles. The monoisotopic (exact) mass is 2180 g/mol. The molecule has 138 heavy (non-hydrogen) atoms. The molecule has 0 saturated carbocycles. The van der Waals surface area contributed by atoms with Gasteiger partial charge in [0.2, 0.25) is 0 Å². The molecule has 36 nitrogen and oxygen atoms in total. The van der Waals surface area contributed by atoms with Crippen LogP contribution in [0.15, 0.2) is 180 Å². The largest absolute Gasteiger partial charge is 0.524 e. The van der Waals surface area contributed by atoms with Crippen LogP contribution in [0.25, 0.3) is 5.76 Å². The van der Waals surface area contributed by atoms with E-state index in [1.54, 1.807) is 98.4 Å². The third-order valence-electron chi connectivity index (χ3n) is 15.5. The van der Waals surface area contributed by atoms with Gasteiger partial charge in [-0.1, -0.05) is 164 Å². The van der Waals surface area contributed by atoms with E-state index < -0.39 is 89.0 Å². The molecule has 1 aliphatic heterocycles. The Balaban J connectivity index is -0.00000148. The molecular formula is C89H105Cl7N5O31PS5. The van der Waals surface area contributed by atoms with E-state index >= 15 is 0 Å². The van der Waals surface area contributed by atoms with Gasteiger partial charge in [-0.2, -0.15) is 60.5 Å². The number of alkyl halides is 6. The third kappa shape index (κ3) is 62.9. The minimum Gasteiger partial charge on any atom is -0.480 e. The molecule has 0 radical (unpaired) electrons. The number of phosphoric ester groups is 1. The number of benzene rings is 7. The van der Waals surface area contributed by atoms with Crippen LogP contribution in [0.3, 0.4) is 0 Å². The first-order valence-corrected chi connectivity index (χ1v) is 48.9. The zero-order valence-electron chi connectivity index (χ0n) is 74.7. The van der Waals surface area contributed by atoms with Crippen molar-refractivity contribution in [1.82, 2.24) is 0 Å². The number of halogens is 7. The number of carboxylic acid groups (broad SMARTS) is 9. The predicted octanol–water partition coefficient (Wildman–Crippen LogP) is 15.6. The lowest BCUT2D eigenvalue weighted by atomic mass is 10.1. The van der Waals surface area contributed by atoms with Crippen LogP contribution in [0, 0.1) is 5.92 Å². The van der Waals surface area contributed by atoms with Gasteiger partial charge in [-0.15, -0.1) is 23.2 Å². The Morgan fingerprint density at radius 3 is 1.02 bits per heavy atom. The highest BCUT2D eigenvalue weighted by molar-refractivity contribution is 8.00. The number of phosphoric acid groups is 1. The first-order chi connectivity index (χ1) is 64.4. The van der Waals surface area contributed by atoms with Crippen LogP contribution in [0.4, 0.5) is 0 Å². The van der Waals surface area contributed by atoms with Gasteiger partial charge in [0.05, 0.1) is 81.1 Å². The number of hydrogen-bond acceptors (Lipinski definition) is 30. The number of aliphatic carboxylic acids is 4. The lowest BCUT2D eigenvalue weighted by Crippen LogP contribution is -2.32. The van der Waals surface area contributed by atoms with Crippen LogP contribution in [0.2, 0.25) is 0 Å². The number of esters is 2. The molecule has 5 unspecified atom stereocenters. The van der Waals surface area contributed by atoms with Crippen molar-refractivity contribution in [2.75, 3.05) is 71.0 Å².